The third-order valence-electron chi connectivity index (χ3n) is 4.90. The third-order valence-corrected chi connectivity index (χ3v) is 4.90. The summed E-state index contributed by atoms with van der Waals surface area (Å²) in [6.45, 7) is -0.786. The molecule has 0 unspecified atom stereocenters. The number of H-pyrrole nitrogens is 1. The minimum Gasteiger partial charge on any atom is -0.358 e. The molecule has 190 valence electrons. The molecule has 3 heterocycles. The fraction of sp³-hybridized carbons (Fsp3) is 0.217. The molecule has 0 bridgehead atoms. The number of rotatable bonds is 4. The summed E-state index contributed by atoms with van der Waals surface area (Å²) in [5, 5.41) is 4.65. The number of carbonyl (C=O) groups is 3. The first-order valence-corrected chi connectivity index (χ1v) is 10.3. The van der Waals surface area contributed by atoms with Gasteiger partial charge in [-0.15, -0.1) is 0 Å². The number of nitrogens with zero attached hydrogens (tertiary/aromatic N) is 1. The highest BCUT2D eigenvalue weighted by Gasteiger charge is 2.28. The van der Waals surface area contributed by atoms with Crippen LogP contribution in [0.3, 0.4) is 0 Å². The molecule has 4 rings (SSSR count). The van der Waals surface area contributed by atoms with Gasteiger partial charge < -0.3 is 15.6 Å². The van der Waals surface area contributed by atoms with Crippen molar-refractivity contribution in [1.82, 2.24) is 20.6 Å². The van der Waals surface area contributed by atoms with Gasteiger partial charge in [-0.05, 0) is 30.3 Å². The number of fused-ring (bicyclic) bond motifs is 1. The summed E-state index contributed by atoms with van der Waals surface area (Å²) < 4.78 is 68.0. The smallest absolute Gasteiger partial charge is 0.358 e. The Kier molecular flexibility index (Phi) is 7.80. The lowest BCUT2D eigenvalue weighted by Gasteiger charge is -2.11. The number of aldehydes is 1. The molecule has 3 aromatic rings. The van der Waals surface area contributed by atoms with E-state index in [1.165, 1.54) is 12.1 Å². The van der Waals surface area contributed by atoms with Crippen molar-refractivity contribution in [3.05, 3.63) is 65.5 Å². The molecule has 2 aromatic heterocycles. The van der Waals surface area contributed by atoms with Crippen LogP contribution >= 0.6 is 0 Å². The number of alkyl halides is 6. The Morgan fingerprint density at radius 2 is 1.69 bits per heavy atom. The zero-order valence-electron chi connectivity index (χ0n) is 18.3. The number of hydrogen-bond acceptors (Lipinski definition) is 4. The summed E-state index contributed by atoms with van der Waals surface area (Å²) in [6, 6.07) is 11.6. The second-order valence-electron chi connectivity index (χ2n) is 7.55. The number of nitrogens with one attached hydrogen (secondary N) is 3. The summed E-state index contributed by atoms with van der Waals surface area (Å²) in [4.78, 5) is 40.1. The molecular formula is C23H18F6N4O3. The fourth-order valence-corrected chi connectivity index (χ4v) is 3.28. The number of halogens is 6. The Hall–Kier alpha value is -4.16. The van der Waals surface area contributed by atoms with E-state index in [9.17, 15) is 35.9 Å². The Balaban J connectivity index is 0.000000538. The first-order chi connectivity index (χ1) is 16.9. The maximum absolute atomic E-state index is 12.2. The molecule has 0 spiro atoms. The van der Waals surface area contributed by atoms with Gasteiger partial charge in [0.1, 0.15) is 6.54 Å². The Bertz CT molecular complexity index is 1250. The highest BCUT2D eigenvalue weighted by molar-refractivity contribution is 5.98. The summed E-state index contributed by atoms with van der Waals surface area (Å²) in [5.41, 5.74) is 4.62. The summed E-state index contributed by atoms with van der Waals surface area (Å²) in [7, 11) is 0. The normalized spacial score (nSPS) is 13.1. The topological polar surface area (TPSA) is 104 Å². The Morgan fingerprint density at radius 3 is 2.28 bits per heavy atom. The largest absolute Gasteiger partial charge is 0.446 e. The molecule has 0 saturated carbocycles. The molecule has 36 heavy (non-hydrogen) atoms. The van der Waals surface area contributed by atoms with E-state index in [4.69, 9.17) is 4.79 Å². The van der Waals surface area contributed by atoms with Gasteiger partial charge >= 0.3 is 12.4 Å². The summed E-state index contributed by atoms with van der Waals surface area (Å²) in [6.07, 6.45) is -7.80. The van der Waals surface area contributed by atoms with Crippen LogP contribution < -0.4 is 10.6 Å². The van der Waals surface area contributed by atoms with Crippen molar-refractivity contribution >= 4 is 18.1 Å². The monoisotopic (exact) mass is 512 g/mol. The van der Waals surface area contributed by atoms with Crippen LogP contribution in [0.4, 0.5) is 26.3 Å². The molecule has 13 heteroatoms. The van der Waals surface area contributed by atoms with Crippen LogP contribution in [0.15, 0.2) is 48.7 Å². The predicted molar refractivity (Wildman–Crippen MR) is 116 cm³/mol. The lowest BCUT2D eigenvalue weighted by atomic mass is 10.0. The highest BCUT2D eigenvalue weighted by Crippen LogP contribution is 2.27. The fourth-order valence-electron chi connectivity index (χ4n) is 3.28. The van der Waals surface area contributed by atoms with Crippen LogP contribution in [0.25, 0.3) is 22.5 Å². The molecule has 1 aliphatic rings. The van der Waals surface area contributed by atoms with Crippen LogP contribution in [0.2, 0.25) is 0 Å². The molecule has 3 N–H and O–H groups in total. The van der Waals surface area contributed by atoms with Gasteiger partial charge in [0, 0.05) is 47.2 Å². The molecule has 0 fully saturated rings. The SMILES string of the molecule is O=C(NCC(F)(F)F)c1ccc(-c2cc(-c3cc4c([nH]3)CCNC4=O)ccn2)cc1.O=CC(F)(F)F. The second-order valence-corrected chi connectivity index (χ2v) is 7.55. The van der Waals surface area contributed by atoms with Gasteiger partial charge in [0.05, 0.1) is 11.3 Å². The lowest BCUT2D eigenvalue weighted by molar-refractivity contribution is -0.156. The van der Waals surface area contributed by atoms with Gasteiger partial charge in [-0.25, -0.2) is 0 Å². The van der Waals surface area contributed by atoms with Gasteiger partial charge in [0.15, 0.2) is 0 Å². The van der Waals surface area contributed by atoms with Crippen LogP contribution in [0.1, 0.15) is 26.4 Å². The standard InChI is InChI=1S/C21H17F3N4O2.C2HF3O/c22-21(23,24)11-27-19(29)13-3-1-12(2-4-13)17-9-14(5-7-25-17)18-10-15-16(28-18)6-8-26-20(15)30;3-2(4,5)1-6/h1-5,7,9-10,28H,6,8,11H2,(H,26,30)(H,27,29);1H. The molecule has 2 amide bonds. The molecule has 1 aliphatic heterocycles. The first-order valence-electron chi connectivity index (χ1n) is 10.3. The van der Waals surface area contributed by atoms with Crippen molar-refractivity contribution in [2.45, 2.75) is 18.8 Å². The minimum absolute atomic E-state index is 0.104. The average Bonchev–Trinajstić information content (AvgIpc) is 3.28. The average molecular weight is 512 g/mol. The summed E-state index contributed by atoms with van der Waals surface area (Å²) in [5.74, 6) is -0.900. The number of benzene rings is 1. The van der Waals surface area contributed by atoms with E-state index in [0.717, 1.165) is 23.4 Å². The second kappa shape index (κ2) is 10.6. The van der Waals surface area contributed by atoms with E-state index in [2.05, 4.69) is 15.3 Å². The Labute approximate surface area is 199 Å². The lowest BCUT2D eigenvalue weighted by Crippen LogP contribution is -2.33. The molecular weight excluding hydrogens is 494 g/mol. The molecule has 0 radical (unpaired) electrons. The van der Waals surface area contributed by atoms with Gasteiger partial charge in [-0.2, -0.15) is 26.3 Å². The molecule has 7 nitrogen and oxygen atoms in total. The van der Waals surface area contributed by atoms with Crippen molar-refractivity contribution in [3.63, 3.8) is 0 Å². The highest BCUT2D eigenvalue weighted by atomic mass is 19.4. The van der Waals surface area contributed by atoms with Gasteiger partial charge in [0.2, 0.25) is 6.29 Å². The molecule has 0 aliphatic carbocycles. The number of hydrogen-bond donors (Lipinski definition) is 3. The van der Waals surface area contributed by atoms with Crippen molar-refractivity contribution < 1.29 is 40.7 Å². The van der Waals surface area contributed by atoms with E-state index in [-0.39, 0.29) is 11.5 Å². The third kappa shape index (κ3) is 7.17. The number of carbonyl (C=O) groups excluding carboxylic acids is 3. The van der Waals surface area contributed by atoms with Crippen LogP contribution in [-0.4, -0.2) is 53.5 Å². The summed E-state index contributed by atoms with van der Waals surface area (Å²) >= 11 is 0. The minimum atomic E-state index is -4.64. The predicted octanol–water partition coefficient (Wildman–Crippen LogP) is 4.07. The number of aromatic amines is 1. The first kappa shape index (κ1) is 26.4. The van der Waals surface area contributed by atoms with Crippen LogP contribution in [-0.2, 0) is 11.2 Å². The number of amides is 2. The zero-order valence-corrected chi connectivity index (χ0v) is 18.3. The maximum atomic E-state index is 12.2. The maximum Gasteiger partial charge on any atom is 0.446 e. The van der Waals surface area contributed by atoms with E-state index in [1.807, 2.05) is 17.4 Å². The van der Waals surface area contributed by atoms with Crippen molar-refractivity contribution in [2.75, 3.05) is 13.1 Å². The number of aromatic nitrogens is 2. The van der Waals surface area contributed by atoms with Gasteiger partial charge in [-0.3, -0.25) is 19.4 Å². The van der Waals surface area contributed by atoms with Crippen LogP contribution in [0, 0.1) is 0 Å². The van der Waals surface area contributed by atoms with E-state index < -0.39 is 31.1 Å². The van der Waals surface area contributed by atoms with Crippen molar-refractivity contribution in [2.24, 2.45) is 0 Å². The van der Waals surface area contributed by atoms with E-state index >= 15 is 0 Å². The Morgan fingerprint density at radius 1 is 1.03 bits per heavy atom. The van der Waals surface area contributed by atoms with Gasteiger partial charge in [-0.1, -0.05) is 12.1 Å². The van der Waals surface area contributed by atoms with Crippen molar-refractivity contribution in [1.29, 1.82) is 0 Å². The quantitative estimate of drug-likeness (QED) is 0.362. The molecule has 0 saturated heterocycles. The van der Waals surface area contributed by atoms with Gasteiger partial charge in [0.25, 0.3) is 11.8 Å². The van der Waals surface area contributed by atoms with E-state index in [0.29, 0.717) is 23.4 Å². The van der Waals surface area contributed by atoms with Crippen LogP contribution in [0.5, 0.6) is 0 Å². The van der Waals surface area contributed by atoms with E-state index in [1.54, 1.807) is 24.4 Å². The molecule has 1 aromatic carbocycles. The number of pyridine rings is 1. The van der Waals surface area contributed by atoms with Crippen molar-refractivity contribution in [3.8, 4) is 22.5 Å². The zero-order chi connectivity index (χ0) is 26.5. The molecule has 0 atom stereocenters.